The average Bonchev–Trinajstić information content (AvgIpc) is 2.68. The summed E-state index contributed by atoms with van der Waals surface area (Å²) in [6, 6.07) is 0.710. The molecule has 0 aliphatic heterocycles. The van der Waals surface area contributed by atoms with Crippen molar-refractivity contribution in [3.63, 3.8) is 0 Å². The fraction of sp³-hybridized carbons (Fsp3) is 0.778. The Morgan fingerprint density at radius 3 is 3.08 bits per heavy atom. The molecule has 4 heteroatoms. The Labute approximate surface area is 78.4 Å². The summed E-state index contributed by atoms with van der Waals surface area (Å²) in [7, 11) is 0. The van der Waals surface area contributed by atoms with Crippen molar-refractivity contribution in [2.24, 2.45) is 5.92 Å². The Hall–Kier alpha value is -0.900. The molecule has 0 saturated heterocycles. The molecule has 1 fully saturated rings. The van der Waals surface area contributed by atoms with Crippen molar-refractivity contribution in [3.8, 4) is 0 Å². The van der Waals surface area contributed by atoms with E-state index in [1.807, 2.05) is 4.68 Å². The molecular formula is C9H16N4. The Morgan fingerprint density at radius 1 is 1.69 bits per heavy atom. The van der Waals surface area contributed by atoms with Crippen LogP contribution in [0.4, 0.5) is 0 Å². The second-order valence-corrected chi connectivity index (χ2v) is 3.69. The van der Waals surface area contributed by atoms with Crippen molar-refractivity contribution in [2.75, 3.05) is 0 Å². The summed E-state index contributed by atoms with van der Waals surface area (Å²) >= 11 is 0. The van der Waals surface area contributed by atoms with Crippen molar-refractivity contribution in [2.45, 2.75) is 39.4 Å². The van der Waals surface area contributed by atoms with E-state index in [0.29, 0.717) is 6.04 Å². The van der Waals surface area contributed by atoms with Gasteiger partial charge in [-0.1, -0.05) is 6.92 Å². The van der Waals surface area contributed by atoms with Crippen molar-refractivity contribution in [1.82, 2.24) is 20.1 Å². The van der Waals surface area contributed by atoms with Crippen LogP contribution in [0, 0.1) is 5.92 Å². The predicted molar refractivity (Wildman–Crippen MR) is 50.1 cm³/mol. The minimum atomic E-state index is 0.710. The molecule has 2 rings (SSSR count). The van der Waals surface area contributed by atoms with Gasteiger partial charge < -0.3 is 5.32 Å². The number of nitrogens with zero attached hydrogens (tertiary/aromatic N) is 3. The second-order valence-electron chi connectivity index (χ2n) is 3.69. The van der Waals surface area contributed by atoms with E-state index in [2.05, 4.69) is 29.2 Å². The molecule has 4 nitrogen and oxygen atoms in total. The van der Waals surface area contributed by atoms with Crippen LogP contribution in [0.15, 0.2) is 6.33 Å². The molecule has 1 saturated carbocycles. The quantitative estimate of drug-likeness (QED) is 0.745. The lowest BCUT2D eigenvalue weighted by molar-refractivity contribution is 0.561. The first-order valence-electron chi connectivity index (χ1n) is 4.91. The first kappa shape index (κ1) is 8.69. The number of aryl methyl sites for hydroxylation is 1. The Kier molecular flexibility index (Phi) is 2.31. The number of hydrogen-bond donors (Lipinski definition) is 1. The van der Waals surface area contributed by atoms with Gasteiger partial charge in [-0.25, -0.2) is 9.67 Å². The molecule has 2 unspecified atom stereocenters. The first-order chi connectivity index (χ1) is 6.31. The fourth-order valence-corrected chi connectivity index (χ4v) is 1.52. The van der Waals surface area contributed by atoms with Crippen LogP contribution in [-0.2, 0) is 13.1 Å². The van der Waals surface area contributed by atoms with Gasteiger partial charge in [-0.15, -0.1) is 0 Å². The molecule has 0 amide bonds. The van der Waals surface area contributed by atoms with Crippen LogP contribution in [0.2, 0.25) is 0 Å². The second kappa shape index (κ2) is 3.46. The molecule has 1 heterocycles. The summed E-state index contributed by atoms with van der Waals surface area (Å²) in [5.41, 5.74) is 0. The lowest BCUT2D eigenvalue weighted by atomic mass is 10.4. The lowest BCUT2D eigenvalue weighted by Crippen LogP contribution is -2.20. The maximum atomic E-state index is 4.20. The number of rotatable bonds is 4. The zero-order valence-corrected chi connectivity index (χ0v) is 8.20. The van der Waals surface area contributed by atoms with E-state index in [-0.39, 0.29) is 0 Å². The molecule has 1 aliphatic carbocycles. The van der Waals surface area contributed by atoms with Crippen LogP contribution in [-0.4, -0.2) is 20.8 Å². The summed E-state index contributed by atoms with van der Waals surface area (Å²) in [5.74, 6) is 1.89. The Bertz CT molecular complexity index is 281. The van der Waals surface area contributed by atoms with Crippen LogP contribution in [0.25, 0.3) is 0 Å². The van der Waals surface area contributed by atoms with Crippen molar-refractivity contribution >= 4 is 0 Å². The topological polar surface area (TPSA) is 42.7 Å². The monoisotopic (exact) mass is 180 g/mol. The molecule has 2 atom stereocenters. The van der Waals surface area contributed by atoms with Crippen LogP contribution >= 0.6 is 0 Å². The average molecular weight is 180 g/mol. The largest absolute Gasteiger partial charge is 0.307 e. The van der Waals surface area contributed by atoms with Gasteiger partial charge in [0.2, 0.25) is 0 Å². The SMILES string of the molecule is CCn1ncnc1CNC1CC1C. The standard InChI is InChI=1S/C9H16N4/c1-3-13-9(11-6-12-13)5-10-8-4-7(8)2/h6-8,10H,3-5H2,1-2H3. The molecule has 0 bridgehead atoms. The third kappa shape index (κ3) is 1.88. The highest BCUT2D eigenvalue weighted by Crippen LogP contribution is 2.28. The normalized spacial score (nSPS) is 26.3. The van der Waals surface area contributed by atoms with Crippen LogP contribution in [0.3, 0.4) is 0 Å². The molecule has 0 spiro atoms. The summed E-state index contributed by atoms with van der Waals surface area (Å²) < 4.78 is 1.93. The van der Waals surface area contributed by atoms with Crippen molar-refractivity contribution in [3.05, 3.63) is 12.2 Å². The molecule has 72 valence electrons. The molecule has 1 N–H and O–H groups in total. The lowest BCUT2D eigenvalue weighted by Gasteiger charge is -2.03. The molecule has 1 aromatic rings. The van der Waals surface area contributed by atoms with Gasteiger partial charge in [0.1, 0.15) is 12.2 Å². The fourth-order valence-electron chi connectivity index (χ4n) is 1.52. The van der Waals surface area contributed by atoms with Crippen LogP contribution in [0.1, 0.15) is 26.1 Å². The van der Waals surface area contributed by atoms with Crippen LogP contribution < -0.4 is 5.32 Å². The van der Waals surface area contributed by atoms with Gasteiger partial charge in [0.25, 0.3) is 0 Å². The predicted octanol–water partition coefficient (Wildman–Crippen LogP) is 0.796. The Morgan fingerprint density at radius 2 is 2.46 bits per heavy atom. The summed E-state index contributed by atoms with van der Waals surface area (Å²) in [4.78, 5) is 4.20. The van der Waals surface area contributed by atoms with Gasteiger partial charge in [-0.05, 0) is 19.3 Å². The molecule has 0 radical (unpaired) electrons. The Balaban J connectivity index is 1.86. The van der Waals surface area contributed by atoms with E-state index >= 15 is 0 Å². The highest BCUT2D eigenvalue weighted by molar-refractivity contribution is 4.92. The van der Waals surface area contributed by atoms with Gasteiger partial charge >= 0.3 is 0 Å². The zero-order chi connectivity index (χ0) is 9.26. The highest BCUT2D eigenvalue weighted by atomic mass is 15.3. The zero-order valence-electron chi connectivity index (χ0n) is 8.20. The van der Waals surface area contributed by atoms with E-state index in [4.69, 9.17) is 0 Å². The first-order valence-corrected chi connectivity index (χ1v) is 4.91. The minimum Gasteiger partial charge on any atom is -0.307 e. The summed E-state index contributed by atoms with van der Waals surface area (Å²) in [5, 5.41) is 7.58. The molecule has 13 heavy (non-hydrogen) atoms. The van der Waals surface area contributed by atoms with E-state index in [1.54, 1.807) is 6.33 Å². The number of nitrogens with one attached hydrogen (secondary N) is 1. The van der Waals surface area contributed by atoms with Crippen LogP contribution in [0.5, 0.6) is 0 Å². The third-order valence-corrected chi connectivity index (χ3v) is 2.63. The van der Waals surface area contributed by atoms with E-state index in [1.165, 1.54) is 6.42 Å². The summed E-state index contributed by atoms with van der Waals surface area (Å²) in [6.07, 6.45) is 2.93. The van der Waals surface area contributed by atoms with Crippen molar-refractivity contribution < 1.29 is 0 Å². The van der Waals surface area contributed by atoms with E-state index in [9.17, 15) is 0 Å². The number of hydrogen-bond acceptors (Lipinski definition) is 3. The van der Waals surface area contributed by atoms with Gasteiger partial charge in [-0.3, -0.25) is 0 Å². The number of aromatic nitrogens is 3. The molecule has 1 aliphatic rings. The smallest absolute Gasteiger partial charge is 0.140 e. The van der Waals surface area contributed by atoms with E-state index in [0.717, 1.165) is 24.8 Å². The third-order valence-electron chi connectivity index (χ3n) is 2.63. The highest BCUT2D eigenvalue weighted by Gasteiger charge is 2.31. The maximum Gasteiger partial charge on any atom is 0.140 e. The van der Waals surface area contributed by atoms with Gasteiger partial charge in [0.15, 0.2) is 0 Å². The molecule has 0 aromatic carbocycles. The van der Waals surface area contributed by atoms with Gasteiger partial charge in [0, 0.05) is 12.6 Å². The summed E-state index contributed by atoms with van der Waals surface area (Å²) in [6.45, 7) is 6.10. The minimum absolute atomic E-state index is 0.710. The maximum absolute atomic E-state index is 4.20. The van der Waals surface area contributed by atoms with Gasteiger partial charge in [0.05, 0.1) is 6.54 Å². The van der Waals surface area contributed by atoms with Crippen molar-refractivity contribution in [1.29, 1.82) is 0 Å². The molecular weight excluding hydrogens is 164 g/mol. The van der Waals surface area contributed by atoms with Gasteiger partial charge in [-0.2, -0.15) is 5.10 Å². The molecule has 1 aromatic heterocycles. The van der Waals surface area contributed by atoms with E-state index < -0.39 is 0 Å².